The molecule has 0 saturated carbocycles. The smallest absolute Gasteiger partial charge is 0.136 e. The molecule has 0 bridgehead atoms. The van der Waals surface area contributed by atoms with Crippen LogP contribution in [0.1, 0.15) is 35.9 Å². The average molecular weight is 671 g/mol. The summed E-state index contributed by atoms with van der Waals surface area (Å²) >= 11 is 0. The predicted molar refractivity (Wildman–Crippen MR) is 220 cm³/mol. The first-order valence-corrected chi connectivity index (χ1v) is 17.5. The number of fused-ring (bicyclic) bond motifs is 9. The number of rotatable bonds is 3. The predicted octanol–water partition coefficient (Wildman–Crippen LogP) is 14.4. The highest BCUT2D eigenvalue weighted by Gasteiger charge is 2.36. The molecule has 52 heavy (non-hydrogen) atoms. The minimum absolute atomic E-state index is 0.176. The van der Waals surface area contributed by atoms with Gasteiger partial charge in [-0.25, -0.2) is 0 Å². The van der Waals surface area contributed by atoms with Gasteiger partial charge in [0.2, 0.25) is 0 Å². The summed E-state index contributed by atoms with van der Waals surface area (Å²) in [5, 5.41) is 4.40. The quantitative estimate of drug-likeness (QED) is 0.171. The summed E-state index contributed by atoms with van der Waals surface area (Å²) in [7, 11) is 0. The molecule has 0 N–H and O–H groups in total. The average Bonchev–Trinajstić information content (AvgIpc) is 3.74. The summed E-state index contributed by atoms with van der Waals surface area (Å²) in [6.45, 7) is 4.48. The Labute approximate surface area is 313 Å². The van der Waals surface area contributed by atoms with Crippen molar-refractivity contribution in [2.75, 3.05) is 0 Å². The zero-order valence-corrected chi connectivity index (χ0v) is 28.5. The molecule has 1 aliphatic carbocycles. The van der Waals surface area contributed by atoms with Crippen LogP contribution < -0.4 is 0 Å². The van der Waals surface area contributed by atoms with Crippen molar-refractivity contribution in [1.82, 2.24) is 0 Å². The standard InChI is InChI=1S/C51H34O/c1-51(2)44-20-10-9-18-41(44)50-36(19-11-21-45(50)51)31-22-24-32(25-23-31)48-37-14-5-7-16-39(37)49(40-17-8-6-15-38(40)48)35-26-27-46-42(29-35)43-28-33-12-3-4-13-34(33)30-47(43)52-46/h3-30H,1-2H3/i5D,6D,7D,8D,14D,15D,16D,17D. The topological polar surface area (TPSA) is 13.1 Å². The molecule has 0 aliphatic heterocycles. The third-order valence-corrected chi connectivity index (χ3v) is 11.1. The molecule has 1 heterocycles. The monoisotopic (exact) mass is 670 g/mol. The van der Waals surface area contributed by atoms with E-state index in [4.69, 9.17) is 9.90 Å². The summed E-state index contributed by atoms with van der Waals surface area (Å²) in [4.78, 5) is 0. The van der Waals surface area contributed by atoms with Gasteiger partial charge in [-0.05, 0) is 112 Å². The van der Waals surface area contributed by atoms with Crippen LogP contribution in [0, 0.1) is 0 Å². The Morgan fingerprint density at radius 3 is 1.67 bits per heavy atom. The van der Waals surface area contributed by atoms with Crippen LogP contribution >= 0.6 is 0 Å². The fraction of sp³-hybridized carbons (Fsp3) is 0.0588. The number of hydrogen-bond acceptors (Lipinski definition) is 1. The first-order valence-electron chi connectivity index (χ1n) is 21.5. The third kappa shape index (κ3) is 4.11. The van der Waals surface area contributed by atoms with Gasteiger partial charge in [-0.1, -0.05) is 159 Å². The number of hydrogen-bond donors (Lipinski definition) is 0. The van der Waals surface area contributed by atoms with Gasteiger partial charge in [-0.15, -0.1) is 0 Å². The molecule has 0 amide bonds. The van der Waals surface area contributed by atoms with Gasteiger partial charge in [0.05, 0.1) is 11.0 Å². The van der Waals surface area contributed by atoms with E-state index < -0.39 is 24.2 Å². The molecular formula is C51H34O. The fourth-order valence-corrected chi connectivity index (χ4v) is 8.63. The van der Waals surface area contributed by atoms with Gasteiger partial charge < -0.3 is 4.42 Å². The van der Waals surface area contributed by atoms with Gasteiger partial charge in [0, 0.05) is 16.2 Å². The summed E-state index contributed by atoms with van der Waals surface area (Å²) in [6.07, 6.45) is 0. The molecule has 244 valence electrons. The van der Waals surface area contributed by atoms with Crippen LogP contribution in [-0.4, -0.2) is 0 Å². The van der Waals surface area contributed by atoms with Crippen LogP contribution in [0.2, 0.25) is 0 Å². The van der Waals surface area contributed by atoms with Gasteiger partial charge >= 0.3 is 0 Å². The Morgan fingerprint density at radius 2 is 0.962 bits per heavy atom. The van der Waals surface area contributed by atoms with Crippen molar-refractivity contribution in [1.29, 1.82) is 0 Å². The second-order valence-corrected chi connectivity index (χ2v) is 14.2. The summed E-state index contributed by atoms with van der Waals surface area (Å²) in [5.74, 6) is 0. The molecule has 1 heteroatoms. The summed E-state index contributed by atoms with van der Waals surface area (Å²) < 4.78 is 79.5. The SMILES string of the molecule is [2H]c1c([2H])c([2H])c2c(-c3ccc4oc5cc6ccccc6cc5c4c3)c3c([2H])c([2H])c([2H])c([2H])c3c(-c3ccc(-c4cccc5c4-c4ccccc4C5(C)C)cc3)c2c1[2H]. The van der Waals surface area contributed by atoms with Crippen LogP contribution in [0.5, 0.6) is 0 Å². The second kappa shape index (κ2) is 10.8. The van der Waals surface area contributed by atoms with Gasteiger partial charge in [-0.2, -0.15) is 0 Å². The Morgan fingerprint density at radius 1 is 0.423 bits per heavy atom. The van der Waals surface area contributed by atoms with E-state index in [9.17, 15) is 5.48 Å². The van der Waals surface area contributed by atoms with Crippen molar-refractivity contribution in [2.45, 2.75) is 19.3 Å². The van der Waals surface area contributed by atoms with Crippen molar-refractivity contribution in [3.63, 3.8) is 0 Å². The van der Waals surface area contributed by atoms with Gasteiger partial charge in [0.25, 0.3) is 0 Å². The lowest BCUT2D eigenvalue weighted by atomic mass is 9.82. The van der Waals surface area contributed by atoms with Crippen LogP contribution in [0.4, 0.5) is 0 Å². The Balaban J connectivity index is 1.22. The Kier molecular flexibility index (Phi) is 4.64. The van der Waals surface area contributed by atoms with Crippen molar-refractivity contribution >= 4 is 54.3 Å². The van der Waals surface area contributed by atoms with Gasteiger partial charge in [-0.3, -0.25) is 0 Å². The zero-order chi connectivity index (χ0) is 41.5. The van der Waals surface area contributed by atoms with E-state index in [1.165, 1.54) is 22.3 Å². The lowest BCUT2D eigenvalue weighted by Crippen LogP contribution is -2.14. The van der Waals surface area contributed by atoms with Crippen LogP contribution in [0.15, 0.2) is 174 Å². The highest BCUT2D eigenvalue weighted by atomic mass is 16.3. The maximum atomic E-state index is 9.43. The lowest BCUT2D eigenvalue weighted by Gasteiger charge is -2.21. The minimum atomic E-state index is -0.433. The van der Waals surface area contributed by atoms with Crippen molar-refractivity contribution in [3.8, 4) is 44.5 Å². The van der Waals surface area contributed by atoms with E-state index in [1.807, 2.05) is 66.7 Å². The Bertz CT molecular complexity index is 3470. The molecule has 1 nitrogen and oxygen atoms in total. The lowest BCUT2D eigenvalue weighted by molar-refractivity contribution is 0.660. The minimum Gasteiger partial charge on any atom is -0.456 e. The molecule has 10 aromatic rings. The molecule has 0 fully saturated rings. The number of furan rings is 1. The molecule has 0 spiro atoms. The van der Waals surface area contributed by atoms with E-state index in [0.29, 0.717) is 33.4 Å². The highest BCUT2D eigenvalue weighted by molar-refractivity contribution is 6.22. The maximum absolute atomic E-state index is 9.43. The van der Waals surface area contributed by atoms with Gasteiger partial charge in [0.1, 0.15) is 11.2 Å². The number of benzene rings is 9. The zero-order valence-electron chi connectivity index (χ0n) is 36.5. The van der Waals surface area contributed by atoms with Crippen molar-refractivity contribution in [2.24, 2.45) is 0 Å². The van der Waals surface area contributed by atoms with Crippen LogP contribution in [0.3, 0.4) is 0 Å². The Hall–Kier alpha value is -6.44. The molecule has 11 rings (SSSR count). The normalized spacial score (nSPS) is 15.5. The molecule has 0 unspecified atom stereocenters. The molecule has 1 aromatic heterocycles. The van der Waals surface area contributed by atoms with E-state index in [1.54, 1.807) is 6.07 Å². The second-order valence-electron chi connectivity index (χ2n) is 14.2. The highest BCUT2D eigenvalue weighted by Crippen LogP contribution is 2.52. The molecule has 1 aliphatic rings. The van der Waals surface area contributed by atoms with Crippen molar-refractivity contribution in [3.05, 3.63) is 181 Å². The fourth-order valence-electron chi connectivity index (χ4n) is 8.63. The van der Waals surface area contributed by atoms with Crippen LogP contribution in [-0.2, 0) is 5.41 Å². The first kappa shape index (κ1) is 22.4. The maximum Gasteiger partial charge on any atom is 0.136 e. The van der Waals surface area contributed by atoms with Crippen molar-refractivity contribution < 1.29 is 15.4 Å². The third-order valence-electron chi connectivity index (χ3n) is 11.1. The van der Waals surface area contributed by atoms with E-state index in [0.717, 1.165) is 32.7 Å². The first-order chi connectivity index (χ1) is 28.9. The van der Waals surface area contributed by atoms with E-state index in [-0.39, 0.29) is 51.1 Å². The molecule has 9 aromatic carbocycles. The molecular weight excluding hydrogens is 629 g/mol. The molecule has 0 atom stereocenters. The summed E-state index contributed by atoms with van der Waals surface area (Å²) in [6, 6.07) is 37.3. The van der Waals surface area contributed by atoms with E-state index >= 15 is 0 Å². The van der Waals surface area contributed by atoms with Crippen LogP contribution in [0.25, 0.3) is 98.8 Å². The summed E-state index contributed by atoms with van der Waals surface area (Å²) in [5.41, 5.74) is 9.70. The van der Waals surface area contributed by atoms with Gasteiger partial charge in [0.15, 0.2) is 0 Å². The largest absolute Gasteiger partial charge is 0.456 e. The molecule has 0 saturated heterocycles. The molecule has 0 radical (unpaired) electrons. The van der Waals surface area contributed by atoms with E-state index in [2.05, 4.69) is 62.4 Å².